The smallest absolute Gasteiger partial charge is 0.302 e. The van der Waals surface area contributed by atoms with Crippen molar-refractivity contribution in [3.05, 3.63) is 0 Å². The van der Waals surface area contributed by atoms with E-state index in [1.165, 1.54) is 20.8 Å². The number of esters is 1. The van der Waals surface area contributed by atoms with Gasteiger partial charge in [0.15, 0.2) is 0 Å². The maximum absolute atomic E-state index is 10.1. The van der Waals surface area contributed by atoms with Gasteiger partial charge in [0.1, 0.15) is 11.6 Å². The van der Waals surface area contributed by atoms with Gasteiger partial charge in [-0.15, -0.1) is 0 Å². The SMILES string of the molecule is CC(=O)CC(C)=O.CCCCOC(C)=O. The second-order valence-electron chi connectivity index (χ2n) is 3.27. The molecule has 0 radical (unpaired) electrons. The highest BCUT2D eigenvalue weighted by Gasteiger charge is 1.94. The molecule has 0 bridgehead atoms. The normalized spacial score (nSPS) is 8.53. The monoisotopic (exact) mass is 216 g/mol. The molecule has 15 heavy (non-hydrogen) atoms. The maximum Gasteiger partial charge on any atom is 0.302 e. The van der Waals surface area contributed by atoms with E-state index in [-0.39, 0.29) is 24.0 Å². The van der Waals surface area contributed by atoms with E-state index in [0.717, 1.165) is 12.8 Å². The van der Waals surface area contributed by atoms with Crippen LogP contribution in [0.25, 0.3) is 0 Å². The van der Waals surface area contributed by atoms with E-state index in [2.05, 4.69) is 11.7 Å². The van der Waals surface area contributed by atoms with Gasteiger partial charge < -0.3 is 4.74 Å². The van der Waals surface area contributed by atoms with Crippen LogP contribution in [0.1, 0.15) is 47.0 Å². The molecule has 0 aromatic heterocycles. The molecule has 4 nitrogen and oxygen atoms in total. The minimum Gasteiger partial charge on any atom is -0.466 e. The first-order valence-electron chi connectivity index (χ1n) is 5.02. The van der Waals surface area contributed by atoms with E-state index in [4.69, 9.17) is 0 Å². The van der Waals surface area contributed by atoms with E-state index in [0.29, 0.717) is 6.61 Å². The van der Waals surface area contributed by atoms with E-state index in [9.17, 15) is 14.4 Å². The minimum atomic E-state index is -0.182. The van der Waals surface area contributed by atoms with Gasteiger partial charge in [0.2, 0.25) is 0 Å². The predicted molar refractivity (Wildman–Crippen MR) is 57.5 cm³/mol. The average Bonchev–Trinajstić information content (AvgIpc) is 2.02. The molecule has 0 rings (SSSR count). The zero-order valence-electron chi connectivity index (χ0n) is 9.96. The lowest BCUT2D eigenvalue weighted by molar-refractivity contribution is -0.141. The third kappa shape index (κ3) is 24.5. The first kappa shape index (κ1) is 16.2. The highest BCUT2D eigenvalue weighted by atomic mass is 16.5. The Kier molecular flexibility index (Phi) is 11.8. The predicted octanol–water partition coefficient (Wildman–Crippen LogP) is 1.90. The number of hydrogen-bond donors (Lipinski definition) is 0. The van der Waals surface area contributed by atoms with Gasteiger partial charge in [0.05, 0.1) is 13.0 Å². The molecule has 4 heteroatoms. The molecule has 0 spiro atoms. The van der Waals surface area contributed by atoms with Crippen LogP contribution >= 0.6 is 0 Å². The van der Waals surface area contributed by atoms with Gasteiger partial charge in [0, 0.05) is 6.92 Å². The second-order valence-corrected chi connectivity index (χ2v) is 3.27. The van der Waals surface area contributed by atoms with Gasteiger partial charge in [-0.2, -0.15) is 0 Å². The van der Waals surface area contributed by atoms with E-state index >= 15 is 0 Å². The third-order valence-electron chi connectivity index (χ3n) is 1.30. The molecule has 0 saturated carbocycles. The lowest BCUT2D eigenvalue weighted by Gasteiger charge is -1.96. The lowest BCUT2D eigenvalue weighted by atomic mass is 10.2. The number of ether oxygens (including phenoxy) is 1. The number of unbranched alkanes of at least 4 members (excludes halogenated alkanes) is 1. The summed E-state index contributed by atoms with van der Waals surface area (Å²) in [5.74, 6) is -0.307. The number of carbonyl (C=O) groups excluding carboxylic acids is 3. The Morgan fingerprint density at radius 3 is 1.67 bits per heavy atom. The number of ketones is 2. The van der Waals surface area contributed by atoms with Crippen molar-refractivity contribution in [1.29, 1.82) is 0 Å². The molecule has 0 saturated heterocycles. The molecule has 0 fully saturated rings. The number of rotatable bonds is 5. The zero-order chi connectivity index (χ0) is 12.3. The van der Waals surface area contributed by atoms with E-state index in [1.54, 1.807) is 0 Å². The second kappa shape index (κ2) is 10.9. The summed E-state index contributed by atoms with van der Waals surface area (Å²) in [5, 5.41) is 0. The minimum absolute atomic E-state index is 0.0625. The number of Topliss-reactive ketones (excluding diaryl/α,β-unsaturated/α-hetero) is 2. The van der Waals surface area contributed by atoms with E-state index in [1.807, 2.05) is 0 Å². The summed E-state index contributed by atoms with van der Waals surface area (Å²) >= 11 is 0. The Morgan fingerprint density at radius 2 is 1.47 bits per heavy atom. The fraction of sp³-hybridized carbons (Fsp3) is 0.727. The van der Waals surface area contributed by atoms with Gasteiger partial charge in [-0.1, -0.05) is 13.3 Å². The molecule has 0 unspecified atom stereocenters. The summed E-state index contributed by atoms with van der Waals surface area (Å²) in [6.45, 7) is 6.87. The highest BCUT2D eigenvalue weighted by Crippen LogP contribution is 1.86. The van der Waals surface area contributed by atoms with Crippen LogP contribution in [0.3, 0.4) is 0 Å². The van der Waals surface area contributed by atoms with Gasteiger partial charge in [-0.25, -0.2) is 0 Å². The van der Waals surface area contributed by atoms with Crippen LogP contribution in [0, 0.1) is 0 Å². The van der Waals surface area contributed by atoms with Crippen molar-refractivity contribution in [1.82, 2.24) is 0 Å². The Morgan fingerprint density at radius 1 is 1.00 bits per heavy atom. The largest absolute Gasteiger partial charge is 0.466 e. The van der Waals surface area contributed by atoms with Crippen LogP contribution in [-0.4, -0.2) is 24.1 Å². The third-order valence-corrected chi connectivity index (χ3v) is 1.30. The summed E-state index contributed by atoms with van der Waals surface area (Å²) in [4.78, 5) is 30.2. The van der Waals surface area contributed by atoms with Crippen LogP contribution < -0.4 is 0 Å². The number of carbonyl (C=O) groups is 3. The molecule has 0 atom stereocenters. The van der Waals surface area contributed by atoms with Crippen LogP contribution in [0.2, 0.25) is 0 Å². The summed E-state index contributed by atoms with van der Waals surface area (Å²) in [5.41, 5.74) is 0. The van der Waals surface area contributed by atoms with Crippen LogP contribution in [0.5, 0.6) is 0 Å². The van der Waals surface area contributed by atoms with Crippen molar-refractivity contribution >= 4 is 17.5 Å². The molecule has 0 N–H and O–H groups in total. The molecule has 0 heterocycles. The zero-order valence-corrected chi connectivity index (χ0v) is 9.96. The van der Waals surface area contributed by atoms with Crippen molar-refractivity contribution in [3.8, 4) is 0 Å². The Labute approximate surface area is 91.0 Å². The fourth-order valence-electron chi connectivity index (χ4n) is 0.711. The summed E-state index contributed by atoms with van der Waals surface area (Å²) < 4.78 is 4.64. The highest BCUT2D eigenvalue weighted by molar-refractivity contribution is 5.96. The molecule has 0 aromatic carbocycles. The molecule has 0 aliphatic heterocycles. The fourth-order valence-corrected chi connectivity index (χ4v) is 0.711. The standard InChI is InChI=1S/C6H12O2.C5H8O2/c1-3-4-5-8-6(2)7;1-4(6)3-5(2)7/h3-5H2,1-2H3;3H2,1-2H3. The summed E-state index contributed by atoms with van der Waals surface area (Å²) in [6, 6.07) is 0. The van der Waals surface area contributed by atoms with Crippen LogP contribution in [-0.2, 0) is 19.1 Å². The summed E-state index contributed by atoms with van der Waals surface area (Å²) in [6.07, 6.45) is 2.13. The van der Waals surface area contributed by atoms with Crippen molar-refractivity contribution in [2.75, 3.05) is 6.61 Å². The molecule has 88 valence electrons. The van der Waals surface area contributed by atoms with Gasteiger partial charge in [-0.05, 0) is 20.3 Å². The molecular formula is C11H20O4. The van der Waals surface area contributed by atoms with Crippen LogP contribution in [0.4, 0.5) is 0 Å². The van der Waals surface area contributed by atoms with Crippen molar-refractivity contribution in [2.45, 2.75) is 47.0 Å². The Balaban J connectivity index is 0. The van der Waals surface area contributed by atoms with Gasteiger partial charge in [-0.3, -0.25) is 14.4 Å². The average molecular weight is 216 g/mol. The lowest BCUT2D eigenvalue weighted by Crippen LogP contribution is -1.99. The van der Waals surface area contributed by atoms with Crippen molar-refractivity contribution in [2.24, 2.45) is 0 Å². The van der Waals surface area contributed by atoms with Gasteiger partial charge >= 0.3 is 5.97 Å². The molecule has 0 amide bonds. The maximum atomic E-state index is 10.1. The molecule has 0 aliphatic rings. The summed E-state index contributed by atoms with van der Waals surface area (Å²) in [7, 11) is 0. The number of hydrogen-bond acceptors (Lipinski definition) is 4. The Hall–Kier alpha value is -1.19. The quantitative estimate of drug-likeness (QED) is 0.400. The van der Waals surface area contributed by atoms with Crippen LogP contribution in [0.15, 0.2) is 0 Å². The van der Waals surface area contributed by atoms with Gasteiger partial charge in [0.25, 0.3) is 0 Å². The van der Waals surface area contributed by atoms with E-state index < -0.39 is 0 Å². The molecular weight excluding hydrogens is 196 g/mol. The molecule has 0 aromatic rings. The first-order chi connectivity index (χ1) is 6.90. The first-order valence-corrected chi connectivity index (χ1v) is 5.02. The topological polar surface area (TPSA) is 60.4 Å². The van der Waals surface area contributed by atoms with Crippen molar-refractivity contribution < 1.29 is 19.1 Å². The van der Waals surface area contributed by atoms with Crippen molar-refractivity contribution in [3.63, 3.8) is 0 Å². The Bertz CT molecular complexity index is 197. The molecule has 0 aliphatic carbocycles.